The summed E-state index contributed by atoms with van der Waals surface area (Å²) >= 11 is 7.68. The average Bonchev–Trinajstić information content (AvgIpc) is 2.35. The van der Waals surface area contributed by atoms with Crippen molar-refractivity contribution in [2.24, 2.45) is 5.73 Å². The van der Waals surface area contributed by atoms with Gasteiger partial charge in [0.25, 0.3) is 0 Å². The number of hydrogen-bond acceptors (Lipinski definition) is 3. The van der Waals surface area contributed by atoms with Gasteiger partial charge in [0.15, 0.2) is 0 Å². The summed E-state index contributed by atoms with van der Waals surface area (Å²) in [6, 6.07) is 13.6. The molecule has 0 aromatic heterocycles. The van der Waals surface area contributed by atoms with Crippen LogP contribution in [0.1, 0.15) is 5.56 Å². The van der Waals surface area contributed by atoms with E-state index < -0.39 is 0 Å². The third-order valence-electron chi connectivity index (χ3n) is 2.38. The van der Waals surface area contributed by atoms with E-state index in [0.29, 0.717) is 17.3 Å². The first-order chi connectivity index (χ1) is 8.20. The van der Waals surface area contributed by atoms with Crippen molar-refractivity contribution < 1.29 is 0 Å². The summed E-state index contributed by atoms with van der Waals surface area (Å²) in [5.41, 5.74) is 13.3. The third kappa shape index (κ3) is 2.94. The fourth-order valence-corrected chi connectivity index (χ4v) is 2.60. The highest BCUT2D eigenvalue weighted by Gasteiger charge is 2.06. The molecule has 0 aliphatic heterocycles. The molecule has 0 bridgehead atoms. The van der Waals surface area contributed by atoms with Crippen LogP contribution in [0.4, 0.5) is 5.69 Å². The Balaban J connectivity index is 2.25. The van der Waals surface area contributed by atoms with E-state index in [1.807, 2.05) is 42.5 Å². The maximum atomic E-state index is 6.12. The van der Waals surface area contributed by atoms with Crippen LogP contribution in [0.2, 0.25) is 5.02 Å². The number of anilines is 1. The summed E-state index contributed by atoms with van der Waals surface area (Å²) in [6.45, 7) is 0.555. The number of rotatable bonds is 3. The zero-order chi connectivity index (χ0) is 12.3. The van der Waals surface area contributed by atoms with Crippen LogP contribution in [-0.4, -0.2) is 0 Å². The lowest BCUT2D eigenvalue weighted by molar-refractivity contribution is 1.07. The van der Waals surface area contributed by atoms with Gasteiger partial charge in [-0.25, -0.2) is 0 Å². The predicted molar refractivity (Wildman–Crippen MR) is 74.3 cm³/mol. The molecule has 0 heterocycles. The highest BCUT2D eigenvalue weighted by molar-refractivity contribution is 7.99. The first-order valence-corrected chi connectivity index (χ1v) is 6.41. The molecule has 0 unspecified atom stereocenters. The molecule has 0 radical (unpaired) electrons. The van der Waals surface area contributed by atoms with E-state index in [0.717, 1.165) is 15.4 Å². The van der Waals surface area contributed by atoms with Gasteiger partial charge in [0.05, 0.1) is 9.92 Å². The van der Waals surface area contributed by atoms with Crippen molar-refractivity contribution in [2.75, 3.05) is 5.73 Å². The van der Waals surface area contributed by atoms with E-state index in [1.54, 1.807) is 11.8 Å². The van der Waals surface area contributed by atoms with Crippen molar-refractivity contribution in [3.05, 3.63) is 53.1 Å². The Morgan fingerprint density at radius 1 is 1.06 bits per heavy atom. The standard InChI is InChI=1S/C13H13ClN2S/c14-11-2-1-3-12(16)13(11)17-10-6-4-9(8-15)5-7-10/h1-7H,8,15-16H2. The molecular weight excluding hydrogens is 252 g/mol. The number of nitrogen functional groups attached to an aromatic ring is 1. The highest BCUT2D eigenvalue weighted by Crippen LogP contribution is 2.37. The van der Waals surface area contributed by atoms with Gasteiger partial charge in [-0.15, -0.1) is 0 Å². The van der Waals surface area contributed by atoms with E-state index in [1.165, 1.54) is 0 Å². The summed E-state index contributed by atoms with van der Waals surface area (Å²) in [7, 11) is 0. The van der Waals surface area contributed by atoms with Crippen LogP contribution in [0.25, 0.3) is 0 Å². The highest BCUT2D eigenvalue weighted by atomic mass is 35.5. The molecule has 4 heteroatoms. The second-order valence-corrected chi connectivity index (χ2v) is 5.10. The Morgan fingerprint density at radius 3 is 2.35 bits per heavy atom. The van der Waals surface area contributed by atoms with E-state index in [-0.39, 0.29) is 0 Å². The molecule has 0 saturated heterocycles. The first-order valence-electron chi connectivity index (χ1n) is 5.21. The largest absolute Gasteiger partial charge is 0.398 e. The molecule has 0 spiro atoms. The molecule has 88 valence electrons. The lowest BCUT2D eigenvalue weighted by atomic mass is 10.2. The number of halogens is 1. The van der Waals surface area contributed by atoms with Gasteiger partial charge < -0.3 is 11.5 Å². The fourth-order valence-electron chi connectivity index (χ4n) is 1.44. The van der Waals surface area contributed by atoms with Crippen LogP contribution in [-0.2, 0) is 6.54 Å². The minimum absolute atomic E-state index is 0.555. The molecular formula is C13H13ClN2S. The Morgan fingerprint density at radius 2 is 1.76 bits per heavy atom. The minimum atomic E-state index is 0.555. The first kappa shape index (κ1) is 12.3. The van der Waals surface area contributed by atoms with Crippen LogP contribution in [0, 0.1) is 0 Å². The molecule has 17 heavy (non-hydrogen) atoms. The smallest absolute Gasteiger partial charge is 0.0566 e. The molecule has 2 rings (SSSR count). The Labute approximate surface area is 110 Å². The Hall–Kier alpha value is -1.16. The fraction of sp³-hybridized carbons (Fsp3) is 0.0769. The summed E-state index contributed by atoms with van der Waals surface area (Å²) in [6.07, 6.45) is 0. The molecule has 2 nitrogen and oxygen atoms in total. The summed E-state index contributed by atoms with van der Waals surface area (Å²) in [5.74, 6) is 0. The molecule has 0 atom stereocenters. The van der Waals surface area contributed by atoms with Gasteiger partial charge in [-0.3, -0.25) is 0 Å². The molecule has 2 aromatic carbocycles. The van der Waals surface area contributed by atoms with Gasteiger partial charge in [-0.2, -0.15) is 0 Å². The lowest BCUT2D eigenvalue weighted by Gasteiger charge is -2.07. The monoisotopic (exact) mass is 264 g/mol. The molecule has 0 fully saturated rings. The van der Waals surface area contributed by atoms with Crippen molar-refractivity contribution >= 4 is 29.1 Å². The third-order valence-corrected chi connectivity index (χ3v) is 3.97. The van der Waals surface area contributed by atoms with Crippen molar-refractivity contribution in [1.29, 1.82) is 0 Å². The maximum Gasteiger partial charge on any atom is 0.0566 e. The normalized spacial score (nSPS) is 10.5. The van der Waals surface area contributed by atoms with E-state index in [9.17, 15) is 0 Å². The van der Waals surface area contributed by atoms with Gasteiger partial charge in [0, 0.05) is 17.1 Å². The summed E-state index contributed by atoms with van der Waals surface area (Å²) < 4.78 is 0. The van der Waals surface area contributed by atoms with Crippen molar-refractivity contribution in [2.45, 2.75) is 16.3 Å². The van der Waals surface area contributed by atoms with Crippen LogP contribution in [0.5, 0.6) is 0 Å². The summed E-state index contributed by atoms with van der Waals surface area (Å²) in [5, 5.41) is 0.679. The van der Waals surface area contributed by atoms with E-state index in [4.69, 9.17) is 23.1 Å². The minimum Gasteiger partial charge on any atom is -0.398 e. The van der Waals surface area contributed by atoms with Gasteiger partial charge in [-0.05, 0) is 29.8 Å². The lowest BCUT2D eigenvalue weighted by Crippen LogP contribution is -1.95. The Bertz CT molecular complexity index is 491. The van der Waals surface area contributed by atoms with Crippen LogP contribution in [0.15, 0.2) is 52.3 Å². The second-order valence-electron chi connectivity index (χ2n) is 3.61. The van der Waals surface area contributed by atoms with Crippen LogP contribution < -0.4 is 11.5 Å². The number of hydrogen-bond donors (Lipinski definition) is 2. The quantitative estimate of drug-likeness (QED) is 0.834. The van der Waals surface area contributed by atoms with Gasteiger partial charge in [0.1, 0.15) is 0 Å². The average molecular weight is 265 g/mol. The maximum absolute atomic E-state index is 6.12. The van der Waals surface area contributed by atoms with Crippen molar-refractivity contribution in [3.8, 4) is 0 Å². The molecule has 0 aliphatic carbocycles. The van der Waals surface area contributed by atoms with Crippen LogP contribution in [0.3, 0.4) is 0 Å². The van der Waals surface area contributed by atoms with Gasteiger partial charge >= 0.3 is 0 Å². The zero-order valence-electron chi connectivity index (χ0n) is 9.19. The molecule has 4 N–H and O–H groups in total. The molecule has 0 amide bonds. The van der Waals surface area contributed by atoms with E-state index in [2.05, 4.69) is 0 Å². The number of benzene rings is 2. The zero-order valence-corrected chi connectivity index (χ0v) is 10.8. The van der Waals surface area contributed by atoms with Gasteiger partial charge in [0.2, 0.25) is 0 Å². The van der Waals surface area contributed by atoms with Crippen molar-refractivity contribution in [1.82, 2.24) is 0 Å². The van der Waals surface area contributed by atoms with Crippen molar-refractivity contribution in [3.63, 3.8) is 0 Å². The second kappa shape index (κ2) is 5.45. The topological polar surface area (TPSA) is 52.0 Å². The van der Waals surface area contributed by atoms with Gasteiger partial charge in [-0.1, -0.05) is 41.6 Å². The predicted octanol–water partition coefficient (Wildman–Crippen LogP) is 3.53. The van der Waals surface area contributed by atoms with E-state index >= 15 is 0 Å². The Kier molecular flexibility index (Phi) is 3.94. The summed E-state index contributed by atoms with van der Waals surface area (Å²) in [4.78, 5) is 2.00. The molecule has 0 saturated carbocycles. The molecule has 0 aliphatic rings. The molecule has 2 aromatic rings. The number of nitrogens with two attached hydrogens (primary N) is 2. The SMILES string of the molecule is NCc1ccc(Sc2c(N)cccc2Cl)cc1. The van der Waals surface area contributed by atoms with Crippen LogP contribution >= 0.6 is 23.4 Å².